The summed E-state index contributed by atoms with van der Waals surface area (Å²) in [6, 6.07) is 5.78. The van der Waals surface area contributed by atoms with Crippen molar-refractivity contribution in [1.82, 2.24) is 19.1 Å². The molecule has 14 nitrogen and oxygen atoms in total. The van der Waals surface area contributed by atoms with Gasteiger partial charge in [-0.2, -0.15) is 0 Å². The maximum Gasteiger partial charge on any atom is 0.360 e. The van der Waals surface area contributed by atoms with Gasteiger partial charge in [-0.05, 0) is 26.0 Å². The van der Waals surface area contributed by atoms with E-state index in [-0.39, 0.29) is 28.4 Å². The van der Waals surface area contributed by atoms with E-state index < -0.39 is 37.4 Å². The van der Waals surface area contributed by atoms with Crippen molar-refractivity contribution in [2.45, 2.75) is 29.6 Å². The van der Waals surface area contributed by atoms with Crippen LogP contribution >= 0.6 is 34.5 Å². The fourth-order valence-corrected chi connectivity index (χ4v) is 6.42. The first kappa shape index (κ1) is 31.9. The molecule has 0 bridgehead atoms. The molecule has 3 aromatic rings. The number of nitrogens with zero attached hydrogens (tertiary/aromatic N) is 4. The van der Waals surface area contributed by atoms with Crippen LogP contribution in [0.25, 0.3) is 0 Å². The van der Waals surface area contributed by atoms with Gasteiger partial charge in [-0.3, -0.25) is 4.79 Å². The smallest absolute Gasteiger partial charge is 0.360 e. The molecule has 1 N–H and O–H groups in total. The van der Waals surface area contributed by atoms with Gasteiger partial charge < -0.3 is 19.1 Å². The second kappa shape index (κ2) is 12.9. The highest BCUT2D eigenvalue weighted by atomic mass is 35.5. The van der Waals surface area contributed by atoms with Gasteiger partial charge in [0, 0.05) is 17.3 Å². The highest BCUT2D eigenvalue weighted by Crippen LogP contribution is 2.34. The van der Waals surface area contributed by atoms with E-state index in [1.54, 1.807) is 9.62 Å². The Kier molecular flexibility index (Phi) is 10.1. The van der Waals surface area contributed by atoms with Gasteiger partial charge in [-0.15, -0.1) is 21.1 Å². The van der Waals surface area contributed by atoms with Crippen LogP contribution in [0.2, 0.25) is 0 Å². The Bertz CT molecular complexity index is 1630. The molecule has 18 heteroatoms. The summed E-state index contributed by atoms with van der Waals surface area (Å²) in [6.45, 7) is 3.80. The lowest BCUT2D eigenvalue weighted by Crippen LogP contribution is -2.47. The number of esters is 1. The second-order valence-corrected chi connectivity index (χ2v) is 12.1. The first-order chi connectivity index (χ1) is 19.2. The largest absolute Gasteiger partial charge is 0.489 e. The number of benzene rings is 1. The molecular weight excluding hydrogens is 625 g/mol. The standard InChI is InChI=1S/C12H14N4O7S2.C11H11Cl2NO2/c1-6-8(7(5-24-6)9(17)22-3)25(20,21)14-10(18)16-12(19)15(2)11(13-16)23-4;1-7-6-16-9-5-3-2-4-8(9)14(7)11(15)10(12)13/h5H,1-4H3,(H,14,18);2-5,7,10H,6H2,1H3. The van der Waals surface area contributed by atoms with Crippen LogP contribution in [0.5, 0.6) is 11.8 Å². The summed E-state index contributed by atoms with van der Waals surface area (Å²) in [6.07, 6.45) is 0. The van der Waals surface area contributed by atoms with E-state index in [1.807, 2.05) is 31.2 Å². The number of hydrogen-bond donors (Lipinski definition) is 1. The molecule has 0 aliphatic carbocycles. The Balaban J connectivity index is 0.000000248. The minimum absolute atomic E-state index is 0.0672. The number of carbonyl (C=O) groups is 3. The molecule has 2 aromatic heterocycles. The Morgan fingerprint density at radius 3 is 2.46 bits per heavy atom. The van der Waals surface area contributed by atoms with Gasteiger partial charge in [0.05, 0.1) is 31.5 Å². The van der Waals surface area contributed by atoms with E-state index in [0.29, 0.717) is 17.0 Å². The Hall–Kier alpha value is -3.60. The molecule has 0 saturated carbocycles. The maximum absolute atomic E-state index is 12.5. The van der Waals surface area contributed by atoms with Crippen molar-refractivity contribution in [2.24, 2.45) is 7.05 Å². The highest BCUT2D eigenvalue weighted by molar-refractivity contribution is 7.90. The number of amides is 2. The molecule has 2 amide bonds. The van der Waals surface area contributed by atoms with Crippen molar-refractivity contribution in [1.29, 1.82) is 0 Å². The minimum Gasteiger partial charge on any atom is -0.489 e. The highest BCUT2D eigenvalue weighted by Gasteiger charge is 2.32. The van der Waals surface area contributed by atoms with Crippen LogP contribution in [0.3, 0.4) is 0 Å². The topological polar surface area (TPSA) is 168 Å². The number of thiophene rings is 1. The minimum atomic E-state index is -4.45. The predicted molar refractivity (Wildman–Crippen MR) is 150 cm³/mol. The number of para-hydroxylation sites is 2. The van der Waals surface area contributed by atoms with E-state index >= 15 is 0 Å². The average molecular weight is 651 g/mol. The lowest BCUT2D eigenvalue weighted by Gasteiger charge is -2.35. The van der Waals surface area contributed by atoms with Crippen molar-refractivity contribution in [3.63, 3.8) is 0 Å². The first-order valence-corrected chi connectivity index (χ1v) is 14.7. The van der Waals surface area contributed by atoms with Crippen molar-refractivity contribution in [3.8, 4) is 11.8 Å². The molecule has 0 spiro atoms. The number of alkyl halides is 2. The lowest BCUT2D eigenvalue weighted by atomic mass is 10.1. The van der Waals surface area contributed by atoms with Gasteiger partial charge in [0.25, 0.3) is 15.9 Å². The summed E-state index contributed by atoms with van der Waals surface area (Å²) >= 11 is 12.3. The number of rotatable bonds is 5. The fourth-order valence-electron chi connectivity index (χ4n) is 3.71. The third kappa shape index (κ3) is 6.66. The molecule has 0 radical (unpaired) electrons. The van der Waals surface area contributed by atoms with E-state index in [2.05, 4.69) is 9.84 Å². The summed E-state index contributed by atoms with van der Waals surface area (Å²) in [4.78, 5) is 48.1. The second-order valence-electron chi connectivity index (χ2n) is 8.31. The molecule has 1 aliphatic heterocycles. The van der Waals surface area contributed by atoms with Gasteiger partial charge in [0.1, 0.15) is 17.3 Å². The van der Waals surface area contributed by atoms with Crippen LogP contribution in [0.15, 0.2) is 39.3 Å². The van der Waals surface area contributed by atoms with E-state index in [0.717, 1.165) is 28.7 Å². The molecule has 222 valence electrons. The number of halogens is 2. The molecule has 4 rings (SSSR count). The Morgan fingerprint density at radius 2 is 1.88 bits per heavy atom. The summed E-state index contributed by atoms with van der Waals surface area (Å²) in [5.74, 6) is -0.497. The monoisotopic (exact) mass is 649 g/mol. The van der Waals surface area contributed by atoms with Gasteiger partial charge in [0.2, 0.25) is 0 Å². The van der Waals surface area contributed by atoms with Crippen molar-refractivity contribution in [2.75, 3.05) is 25.7 Å². The van der Waals surface area contributed by atoms with Crippen LogP contribution in [-0.2, 0) is 26.6 Å². The van der Waals surface area contributed by atoms with E-state index in [9.17, 15) is 27.6 Å². The number of sulfonamides is 1. The fraction of sp³-hybridized carbons (Fsp3) is 0.348. The lowest BCUT2D eigenvalue weighted by molar-refractivity contribution is -0.117. The zero-order valence-electron chi connectivity index (χ0n) is 22.3. The third-order valence-corrected chi connectivity index (χ3v) is 8.52. The molecular formula is C23H25Cl2N5O9S2. The third-order valence-electron chi connectivity index (χ3n) is 5.60. The number of aromatic nitrogens is 3. The van der Waals surface area contributed by atoms with Gasteiger partial charge in [0.15, 0.2) is 4.84 Å². The quantitative estimate of drug-likeness (QED) is 0.320. The number of fused-ring (bicyclic) bond motifs is 1. The van der Waals surface area contributed by atoms with Gasteiger partial charge in [-0.25, -0.2) is 32.1 Å². The number of carbonyl (C=O) groups excluding carboxylic acids is 3. The van der Waals surface area contributed by atoms with Crippen molar-refractivity contribution >= 4 is 68.2 Å². The van der Waals surface area contributed by atoms with Crippen LogP contribution in [0.1, 0.15) is 22.2 Å². The van der Waals surface area contributed by atoms with Crippen LogP contribution in [-0.4, -0.2) is 72.4 Å². The molecule has 3 heterocycles. The summed E-state index contributed by atoms with van der Waals surface area (Å²) < 4.78 is 42.8. The summed E-state index contributed by atoms with van der Waals surface area (Å²) in [5.41, 5.74) is -0.395. The number of methoxy groups -OCH3 is 2. The summed E-state index contributed by atoms with van der Waals surface area (Å²) in [5, 5.41) is 4.87. The average Bonchev–Trinajstić information content (AvgIpc) is 3.47. The van der Waals surface area contributed by atoms with E-state index in [1.165, 1.54) is 26.5 Å². The predicted octanol–water partition coefficient (Wildman–Crippen LogP) is 2.30. The zero-order valence-corrected chi connectivity index (χ0v) is 25.4. The normalized spacial score (nSPS) is 14.3. The molecule has 1 atom stereocenters. The Labute approximate surface area is 248 Å². The number of hydrogen-bond acceptors (Lipinski definition) is 11. The number of nitrogens with one attached hydrogen (secondary N) is 1. The van der Waals surface area contributed by atoms with Crippen LogP contribution < -0.4 is 24.8 Å². The molecule has 0 saturated heterocycles. The van der Waals surface area contributed by atoms with Crippen molar-refractivity contribution in [3.05, 3.63) is 50.6 Å². The SMILES string of the molecule is CC1COc2ccccc2N1C(=O)C(Cl)Cl.COC(=O)c1csc(C)c1S(=O)(=O)NC(=O)n1nc(OC)n(C)c1=O. The van der Waals surface area contributed by atoms with Crippen molar-refractivity contribution < 1.29 is 37.0 Å². The maximum atomic E-state index is 12.5. The molecule has 1 aromatic carbocycles. The molecule has 1 aliphatic rings. The van der Waals surface area contributed by atoms with E-state index in [4.69, 9.17) is 32.7 Å². The summed E-state index contributed by atoms with van der Waals surface area (Å²) in [7, 11) is -0.816. The molecule has 1 unspecified atom stereocenters. The van der Waals surface area contributed by atoms with Gasteiger partial charge in [-0.1, -0.05) is 35.3 Å². The number of anilines is 1. The Morgan fingerprint density at radius 1 is 1.22 bits per heavy atom. The van der Waals surface area contributed by atoms with Gasteiger partial charge >= 0.3 is 23.7 Å². The molecule has 0 fully saturated rings. The van der Waals surface area contributed by atoms with Crippen LogP contribution in [0, 0.1) is 6.92 Å². The first-order valence-electron chi connectivity index (χ1n) is 11.5. The zero-order chi connectivity index (χ0) is 30.6. The number of ether oxygens (including phenoxy) is 3. The molecule has 41 heavy (non-hydrogen) atoms. The van der Waals surface area contributed by atoms with Crippen LogP contribution in [0.4, 0.5) is 10.5 Å². The number of aryl methyl sites for hydroxylation is 1.